The van der Waals surface area contributed by atoms with Gasteiger partial charge >= 0.3 is 0 Å². The predicted molar refractivity (Wildman–Crippen MR) is 92.3 cm³/mol. The van der Waals surface area contributed by atoms with E-state index < -0.39 is 9.84 Å². The molecule has 7 nitrogen and oxygen atoms in total. The van der Waals surface area contributed by atoms with E-state index in [1.54, 1.807) is 0 Å². The summed E-state index contributed by atoms with van der Waals surface area (Å²) < 4.78 is 36.8. The van der Waals surface area contributed by atoms with Crippen molar-refractivity contribution in [1.82, 2.24) is 14.8 Å². The number of hydrogen-bond donors (Lipinski definition) is 0. The third-order valence-corrected chi connectivity index (χ3v) is 6.82. The molecule has 8 heteroatoms. The molecule has 0 radical (unpaired) electrons. The summed E-state index contributed by atoms with van der Waals surface area (Å²) in [5.41, 5.74) is 0.896. The van der Waals surface area contributed by atoms with E-state index in [0.717, 1.165) is 54.8 Å². The van der Waals surface area contributed by atoms with E-state index in [-0.39, 0.29) is 23.5 Å². The van der Waals surface area contributed by atoms with Crippen LogP contribution in [0.4, 0.5) is 0 Å². The Kier molecular flexibility index (Phi) is 4.19. The summed E-state index contributed by atoms with van der Waals surface area (Å²) in [6.45, 7) is 5.24. The Morgan fingerprint density at radius 2 is 1.96 bits per heavy atom. The van der Waals surface area contributed by atoms with Crippen molar-refractivity contribution in [2.75, 3.05) is 24.7 Å². The van der Waals surface area contributed by atoms with Crippen molar-refractivity contribution in [3.8, 4) is 11.4 Å². The minimum absolute atomic E-state index is 0.131. The lowest BCUT2D eigenvalue weighted by Crippen LogP contribution is -2.17. The average Bonchev–Trinajstić information content (AvgIpc) is 3.24. The van der Waals surface area contributed by atoms with Crippen LogP contribution in [0.25, 0.3) is 11.4 Å². The summed E-state index contributed by atoms with van der Waals surface area (Å²) in [7, 11) is -3.00. The standard InChI is InChI=1S/C17H23N3O4S/c1-11-9-15(12(2)24-11)17-18-16(13-3-6-23-7-4-13)19-20(17)14-5-8-25(21,22)10-14/h9,13-14H,3-8,10H2,1-2H3/t14-/m0/s1. The van der Waals surface area contributed by atoms with Crippen LogP contribution in [0.15, 0.2) is 10.5 Å². The van der Waals surface area contributed by atoms with Gasteiger partial charge in [0.2, 0.25) is 0 Å². The third-order valence-electron chi connectivity index (χ3n) is 5.07. The van der Waals surface area contributed by atoms with Crippen LogP contribution in [-0.4, -0.2) is 47.9 Å². The molecule has 2 aromatic rings. The molecule has 4 heterocycles. The maximum Gasteiger partial charge on any atom is 0.162 e. The van der Waals surface area contributed by atoms with Crippen LogP contribution in [0.2, 0.25) is 0 Å². The zero-order valence-corrected chi connectivity index (χ0v) is 15.4. The molecule has 136 valence electrons. The van der Waals surface area contributed by atoms with Gasteiger partial charge in [-0.15, -0.1) is 0 Å². The molecule has 0 N–H and O–H groups in total. The molecule has 0 unspecified atom stereocenters. The Morgan fingerprint density at radius 1 is 1.20 bits per heavy atom. The first-order chi connectivity index (χ1) is 11.9. The summed E-state index contributed by atoms with van der Waals surface area (Å²) >= 11 is 0. The van der Waals surface area contributed by atoms with Gasteiger partial charge in [0.1, 0.15) is 11.5 Å². The molecule has 0 bridgehead atoms. The predicted octanol–water partition coefficient (Wildman–Crippen LogP) is 2.41. The molecule has 2 aliphatic rings. The van der Waals surface area contributed by atoms with Crippen LogP contribution in [0.5, 0.6) is 0 Å². The minimum Gasteiger partial charge on any atom is -0.466 e. The number of aromatic nitrogens is 3. The molecule has 0 amide bonds. The number of rotatable bonds is 3. The Morgan fingerprint density at radius 3 is 2.56 bits per heavy atom. The van der Waals surface area contributed by atoms with Crippen molar-refractivity contribution in [3.63, 3.8) is 0 Å². The van der Waals surface area contributed by atoms with Crippen LogP contribution in [0.3, 0.4) is 0 Å². The van der Waals surface area contributed by atoms with Crippen LogP contribution in [0.1, 0.15) is 48.6 Å². The first-order valence-corrected chi connectivity index (χ1v) is 10.6. The lowest BCUT2D eigenvalue weighted by atomic mass is 10.00. The fourth-order valence-corrected chi connectivity index (χ4v) is 5.42. The van der Waals surface area contributed by atoms with Gasteiger partial charge in [0.25, 0.3) is 0 Å². The summed E-state index contributed by atoms with van der Waals surface area (Å²) in [5.74, 6) is 3.72. The van der Waals surface area contributed by atoms with Crippen molar-refractivity contribution in [2.24, 2.45) is 0 Å². The van der Waals surface area contributed by atoms with Gasteiger partial charge in [-0.05, 0) is 39.2 Å². The van der Waals surface area contributed by atoms with Gasteiger partial charge in [-0.25, -0.2) is 18.1 Å². The Balaban J connectivity index is 1.77. The molecule has 4 rings (SSSR count). The Hall–Kier alpha value is -1.67. The Labute approximate surface area is 147 Å². The normalized spacial score (nSPS) is 24.0. The Bertz CT molecular complexity index is 878. The van der Waals surface area contributed by atoms with Crippen molar-refractivity contribution >= 4 is 9.84 Å². The average molecular weight is 365 g/mol. The van der Waals surface area contributed by atoms with Gasteiger partial charge in [0.15, 0.2) is 21.5 Å². The second-order valence-corrected chi connectivity index (χ2v) is 9.24. The quantitative estimate of drug-likeness (QED) is 0.830. The van der Waals surface area contributed by atoms with E-state index in [0.29, 0.717) is 6.42 Å². The summed E-state index contributed by atoms with van der Waals surface area (Å²) in [5, 5.41) is 4.75. The van der Waals surface area contributed by atoms with Crippen molar-refractivity contribution < 1.29 is 17.6 Å². The van der Waals surface area contributed by atoms with Gasteiger partial charge < -0.3 is 9.15 Å². The second kappa shape index (κ2) is 6.25. The smallest absolute Gasteiger partial charge is 0.162 e. The van der Waals surface area contributed by atoms with Gasteiger partial charge in [0, 0.05) is 19.1 Å². The van der Waals surface area contributed by atoms with Crippen molar-refractivity contribution in [2.45, 2.75) is 45.1 Å². The van der Waals surface area contributed by atoms with Crippen LogP contribution < -0.4 is 0 Å². The molecule has 0 aliphatic carbocycles. The summed E-state index contributed by atoms with van der Waals surface area (Å²) in [4.78, 5) is 4.81. The molecule has 2 aliphatic heterocycles. The molecule has 2 fully saturated rings. The first-order valence-electron chi connectivity index (χ1n) is 8.75. The van der Waals surface area contributed by atoms with Gasteiger partial charge in [-0.2, -0.15) is 5.10 Å². The molecular formula is C17H23N3O4S. The van der Waals surface area contributed by atoms with Crippen LogP contribution >= 0.6 is 0 Å². The SMILES string of the molecule is Cc1cc(-c2nc(C3CCOCC3)nn2[C@H]2CCS(=O)(=O)C2)c(C)o1. The lowest BCUT2D eigenvalue weighted by molar-refractivity contribution is 0.0835. The molecule has 0 saturated carbocycles. The van der Waals surface area contributed by atoms with Crippen LogP contribution in [0, 0.1) is 13.8 Å². The molecule has 2 saturated heterocycles. The maximum absolute atomic E-state index is 11.9. The van der Waals surface area contributed by atoms with Crippen molar-refractivity contribution in [1.29, 1.82) is 0 Å². The van der Waals surface area contributed by atoms with Crippen molar-refractivity contribution in [3.05, 3.63) is 23.4 Å². The van der Waals surface area contributed by atoms with Gasteiger partial charge in [0.05, 0.1) is 23.1 Å². The number of sulfone groups is 1. The number of hydrogen-bond acceptors (Lipinski definition) is 6. The number of furan rings is 1. The van der Waals surface area contributed by atoms with E-state index in [2.05, 4.69) is 0 Å². The highest BCUT2D eigenvalue weighted by molar-refractivity contribution is 7.91. The monoisotopic (exact) mass is 365 g/mol. The second-order valence-electron chi connectivity index (χ2n) is 7.01. The first kappa shape index (κ1) is 16.8. The minimum atomic E-state index is -3.00. The highest BCUT2D eigenvalue weighted by Crippen LogP contribution is 2.34. The topological polar surface area (TPSA) is 87.2 Å². The number of nitrogens with zero attached hydrogens (tertiary/aromatic N) is 3. The van der Waals surface area contributed by atoms with E-state index in [9.17, 15) is 8.42 Å². The zero-order chi connectivity index (χ0) is 17.6. The fraction of sp³-hybridized carbons (Fsp3) is 0.647. The lowest BCUT2D eigenvalue weighted by Gasteiger charge is -2.19. The van der Waals surface area contributed by atoms with E-state index in [1.165, 1.54) is 0 Å². The molecule has 0 spiro atoms. The van der Waals surface area contributed by atoms with Crippen LogP contribution in [-0.2, 0) is 14.6 Å². The van der Waals surface area contributed by atoms with Gasteiger partial charge in [-0.1, -0.05) is 0 Å². The van der Waals surface area contributed by atoms with Gasteiger partial charge in [-0.3, -0.25) is 0 Å². The molecular weight excluding hydrogens is 342 g/mol. The van der Waals surface area contributed by atoms with E-state index >= 15 is 0 Å². The molecule has 2 aromatic heterocycles. The molecule has 25 heavy (non-hydrogen) atoms. The maximum atomic E-state index is 11.9. The zero-order valence-electron chi connectivity index (χ0n) is 14.6. The summed E-state index contributed by atoms with van der Waals surface area (Å²) in [6, 6.07) is 1.79. The molecule has 1 atom stereocenters. The largest absolute Gasteiger partial charge is 0.466 e. The fourth-order valence-electron chi connectivity index (χ4n) is 3.73. The molecule has 0 aromatic carbocycles. The number of ether oxygens (including phenoxy) is 1. The highest BCUT2D eigenvalue weighted by Gasteiger charge is 2.34. The van der Waals surface area contributed by atoms with E-state index in [4.69, 9.17) is 19.2 Å². The highest BCUT2D eigenvalue weighted by atomic mass is 32.2. The van der Waals surface area contributed by atoms with E-state index in [1.807, 2.05) is 24.6 Å². The number of aryl methyl sites for hydroxylation is 2. The summed E-state index contributed by atoms with van der Waals surface area (Å²) in [6.07, 6.45) is 2.38. The third kappa shape index (κ3) is 3.25.